The van der Waals surface area contributed by atoms with Gasteiger partial charge in [0.2, 0.25) is 0 Å². The molecule has 0 N–H and O–H groups in total. The van der Waals surface area contributed by atoms with Gasteiger partial charge in [0.05, 0.1) is 12.2 Å². The van der Waals surface area contributed by atoms with E-state index in [-0.39, 0.29) is 17.3 Å². The van der Waals surface area contributed by atoms with Crippen molar-refractivity contribution in [3.8, 4) is 5.75 Å². The standard InChI is InChI=1S/C17H15NOS.2C15H10OS2.C12H10O3S/c1-2-18-14-6-4-3-5-11(14)12-10-17-13(9-15(12)18)16(19)7-8-20-17;2*16-12-5-6-17-14-7-10-9-3-1-2-4-13(9)18-15(10)8-11(12)14;13-9-1-3-15-11-5-8-10(14)2-4-16-12(8)6-7(9)11/h3-6,9-10H,2,7-8H2,1H3;2*1-4,7-8H,5-6H2;5-6H,1-4H2. The molecular formula is C59H45NO6S6. The number of hydrogen-bond donors (Lipinski definition) is 0. The lowest BCUT2D eigenvalue weighted by Crippen LogP contribution is -2.17. The van der Waals surface area contributed by atoms with Crippen LogP contribution < -0.4 is 4.74 Å². The molecule has 7 aromatic carbocycles. The van der Waals surface area contributed by atoms with Crippen LogP contribution in [0.25, 0.3) is 62.2 Å². The van der Waals surface area contributed by atoms with Crippen molar-refractivity contribution in [2.24, 2.45) is 0 Å². The number of ketones is 5. The first-order valence-corrected chi connectivity index (χ1v) is 29.7. The number of fused-ring (bicyclic) bond motifs is 14. The van der Waals surface area contributed by atoms with E-state index >= 15 is 0 Å². The third-order valence-corrected chi connectivity index (χ3v) is 20.2. The smallest absolute Gasteiger partial charge is 0.170 e. The zero-order valence-corrected chi connectivity index (χ0v) is 44.1. The number of thioether (sulfide) groups is 4. The van der Waals surface area contributed by atoms with Crippen molar-refractivity contribution in [1.82, 2.24) is 4.57 Å². The molecule has 3 aromatic heterocycles. The lowest BCUT2D eigenvalue weighted by Gasteiger charge is -2.21. The molecule has 0 bridgehead atoms. The fourth-order valence-electron chi connectivity index (χ4n) is 10.1. The van der Waals surface area contributed by atoms with Crippen molar-refractivity contribution in [2.45, 2.75) is 65.2 Å². The Kier molecular flexibility index (Phi) is 13.1. The molecule has 0 atom stereocenters. The van der Waals surface area contributed by atoms with Crippen LogP contribution in [0.4, 0.5) is 0 Å². The number of para-hydroxylation sites is 1. The van der Waals surface area contributed by atoms with Crippen molar-refractivity contribution < 1.29 is 28.7 Å². The average Bonchev–Trinajstić information content (AvgIpc) is 4.06. The van der Waals surface area contributed by atoms with Gasteiger partial charge in [0.1, 0.15) is 5.75 Å². The summed E-state index contributed by atoms with van der Waals surface area (Å²) >= 11 is 10.6. The monoisotopic (exact) mass is 1060 g/mol. The number of aromatic nitrogens is 1. The highest BCUT2D eigenvalue weighted by Gasteiger charge is 2.27. The largest absolute Gasteiger partial charge is 0.492 e. The van der Waals surface area contributed by atoms with Crippen LogP contribution in [0.15, 0.2) is 141 Å². The maximum atomic E-state index is 12.1. The second-order valence-corrected chi connectivity index (χ2v) is 24.7. The highest BCUT2D eigenvalue weighted by molar-refractivity contribution is 8.00. The van der Waals surface area contributed by atoms with Gasteiger partial charge in [-0.3, -0.25) is 24.0 Å². The molecule has 0 fully saturated rings. The molecule has 0 saturated heterocycles. The Labute approximate surface area is 440 Å². The van der Waals surface area contributed by atoms with Crippen molar-refractivity contribution in [3.05, 3.63) is 149 Å². The van der Waals surface area contributed by atoms with Crippen molar-refractivity contribution >= 4 is 161 Å². The normalized spacial score (nSPS) is 15.9. The van der Waals surface area contributed by atoms with Crippen LogP contribution in [-0.4, -0.2) is 63.1 Å². The molecule has 0 radical (unpaired) electrons. The first-order valence-electron chi connectivity index (χ1n) is 24.1. The summed E-state index contributed by atoms with van der Waals surface area (Å²) in [7, 11) is 0. The lowest BCUT2D eigenvalue weighted by atomic mass is 10.00. The van der Waals surface area contributed by atoms with E-state index in [1.54, 1.807) is 75.8 Å². The number of ether oxygens (including phenoxy) is 1. The number of nitrogens with zero attached hydrogens (tertiary/aromatic N) is 1. The summed E-state index contributed by atoms with van der Waals surface area (Å²) in [6.07, 6.45) is 3.02. The average molecular weight is 1060 g/mol. The maximum Gasteiger partial charge on any atom is 0.170 e. The van der Waals surface area contributed by atoms with Gasteiger partial charge in [-0.15, -0.1) is 69.7 Å². The predicted octanol–water partition coefficient (Wildman–Crippen LogP) is 16.3. The van der Waals surface area contributed by atoms with Crippen LogP contribution in [0.3, 0.4) is 0 Å². The van der Waals surface area contributed by atoms with Gasteiger partial charge in [-0.25, -0.2) is 0 Å². The Morgan fingerprint density at radius 2 is 0.833 bits per heavy atom. The van der Waals surface area contributed by atoms with Crippen LogP contribution in [-0.2, 0) is 6.54 Å². The molecule has 358 valence electrons. The van der Waals surface area contributed by atoms with E-state index in [1.807, 2.05) is 6.07 Å². The fraction of sp³-hybridized carbons (Fsp3) is 0.203. The molecule has 5 aliphatic heterocycles. The molecule has 0 saturated carbocycles. The number of thiophene rings is 2. The quantitative estimate of drug-likeness (QED) is 0.158. The summed E-state index contributed by atoms with van der Waals surface area (Å²) in [4.78, 5) is 63.8. The Hall–Kier alpha value is -5.67. The minimum absolute atomic E-state index is 0.114. The van der Waals surface area contributed by atoms with Crippen LogP contribution in [0, 0.1) is 0 Å². The molecule has 72 heavy (non-hydrogen) atoms. The van der Waals surface area contributed by atoms with Gasteiger partial charge in [-0.2, -0.15) is 0 Å². The van der Waals surface area contributed by atoms with E-state index < -0.39 is 0 Å². The number of rotatable bonds is 1. The lowest BCUT2D eigenvalue weighted by molar-refractivity contribution is 0.0926. The van der Waals surface area contributed by atoms with Crippen LogP contribution >= 0.6 is 69.7 Å². The Balaban J connectivity index is 0.0000000984. The molecule has 0 aliphatic carbocycles. The highest BCUT2D eigenvalue weighted by atomic mass is 32.2. The molecule has 5 aliphatic rings. The van der Waals surface area contributed by atoms with E-state index in [4.69, 9.17) is 4.74 Å². The van der Waals surface area contributed by atoms with Crippen LogP contribution in [0.5, 0.6) is 5.75 Å². The summed E-state index contributed by atoms with van der Waals surface area (Å²) in [5, 5.41) is 7.74. The number of aryl methyl sites for hydroxylation is 1. The summed E-state index contributed by atoms with van der Waals surface area (Å²) in [5.41, 5.74) is 6.53. The molecule has 0 amide bonds. The Morgan fingerprint density at radius 1 is 0.403 bits per heavy atom. The van der Waals surface area contributed by atoms with Crippen molar-refractivity contribution in [3.63, 3.8) is 0 Å². The Bertz CT molecular complexity index is 3740. The number of carbonyl (C=O) groups excluding carboxylic acids is 5. The molecule has 8 heterocycles. The number of hydrogen-bond acceptors (Lipinski definition) is 12. The number of benzene rings is 7. The van der Waals surface area contributed by atoms with E-state index in [1.165, 1.54) is 62.2 Å². The van der Waals surface area contributed by atoms with Gasteiger partial charge < -0.3 is 9.30 Å². The molecular weight excluding hydrogens is 1010 g/mol. The minimum atomic E-state index is 0.114. The van der Waals surface area contributed by atoms with Gasteiger partial charge in [-0.1, -0.05) is 54.6 Å². The summed E-state index contributed by atoms with van der Waals surface area (Å²) in [6, 6.07) is 41.8. The van der Waals surface area contributed by atoms with Crippen LogP contribution in [0.2, 0.25) is 0 Å². The maximum absolute atomic E-state index is 12.1. The topological polar surface area (TPSA) is 99.5 Å². The van der Waals surface area contributed by atoms with Gasteiger partial charge in [0, 0.05) is 166 Å². The molecule has 10 aromatic rings. The Morgan fingerprint density at radius 3 is 1.36 bits per heavy atom. The SMILES string of the molecule is CCn1c2ccccc2c2cc3c(cc21)C(=O)CCS3.O=C1CCOc2cc3c(cc21)SCCC3=O.O=C1CCSc2cc3c(cc21)sc1ccccc13.O=C1CCSc2cc3c(cc21)sc1ccccc13. The van der Waals surface area contributed by atoms with Gasteiger partial charge in [0.25, 0.3) is 0 Å². The third kappa shape index (κ3) is 8.79. The summed E-state index contributed by atoms with van der Waals surface area (Å²) in [5.74, 6) is 5.26. The summed E-state index contributed by atoms with van der Waals surface area (Å²) < 4.78 is 12.8. The van der Waals surface area contributed by atoms with Crippen molar-refractivity contribution in [1.29, 1.82) is 0 Å². The van der Waals surface area contributed by atoms with Crippen LogP contribution in [0.1, 0.15) is 90.8 Å². The minimum Gasteiger partial charge on any atom is -0.492 e. The predicted molar refractivity (Wildman–Crippen MR) is 303 cm³/mol. The van der Waals surface area contributed by atoms with Gasteiger partial charge in [-0.05, 0) is 73.7 Å². The zero-order valence-electron chi connectivity index (χ0n) is 39.2. The molecule has 13 heteroatoms. The first kappa shape index (κ1) is 47.3. The van der Waals surface area contributed by atoms with E-state index in [2.05, 4.69) is 121 Å². The molecule has 7 nitrogen and oxygen atoms in total. The third-order valence-electron chi connectivity index (χ3n) is 13.7. The fourth-order valence-corrected chi connectivity index (χ4v) is 16.5. The number of Topliss-reactive ketones (excluding diaryl/α,β-unsaturated/α-hetero) is 5. The van der Waals surface area contributed by atoms with Crippen molar-refractivity contribution in [2.75, 3.05) is 29.6 Å². The van der Waals surface area contributed by atoms with E-state index in [0.717, 1.165) is 65.8 Å². The zero-order chi connectivity index (χ0) is 49.0. The summed E-state index contributed by atoms with van der Waals surface area (Å²) in [6.45, 7) is 3.50. The second kappa shape index (κ2) is 20.0. The first-order chi connectivity index (χ1) is 35.2. The number of carbonyl (C=O) groups is 5. The highest BCUT2D eigenvalue weighted by Crippen LogP contribution is 2.43. The van der Waals surface area contributed by atoms with Gasteiger partial charge in [0.15, 0.2) is 28.9 Å². The van der Waals surface area contributed by atoms with Gasteiger partial charge >= 0.3 is 0 Å². The van der Waals surface area contributed by atoms with E-state index in [9.17, 15) is 24.0 Å². The van der Waals surface area contributed by atoms with E-state index in [0.29, 0.717) is 67.2 Å². The molecule has 0 unspecified atom stereocenters. The molecule has 15 rings (SSSR count). The second-order valence-electron chi connectivity index (χ2n) is 18.0. The molecule has 0 spiro atoms.